The number of H-pyrrole nitrogens is 1. The molecule has 3 N–H and O–H groups in total. The molecule has 0 fully saturated rings. The van der Waals surface area contributed by atoms with Crippen LogP contribution in [0.5, 0.6) is 0 Å². The Bertz CT molecular complexity index is 770. The SMILES string of the molecule is CNC(=O)COC[C@@H](O[C@H](CO)CO[Si](C)(C)C(C)(C)C)n1ccc(=O)[nH]c1=O. The molecule has 0 aliphatic rings. The fraction of sp³-hybridized carbons (Fsp3) is 0.722. The zero-order valence-corrected chi connectivity index (χ0v) is 19.0. The summed E-state index contributed by atoms with van der Waals surface area (Å²) in [5.74, 6) is -0.336. The van der Waals surface area contributed by atoms with Crippen molar-refractivity contribution in [2.75, 3.05) is 33.5 Å². The number of carbonyl (C=O) groups excluding carboxylic acids is 1. The van der Waals surface area contributed by atoms with E-state index in [1.165, 1.54) is 19.3 Å². The molecule has 0 aliphatic carbocycles. The van der Waals surface area contributed by atoms with Crippen LogP contribution in [0.3, 0.4) is 0 Å². The van der Waals surface area contributed by atoms with Gasteiger partial charge in [0.05, 0.1) is 19.8 Å². The standard InChI is InChI=1S/C18H33N3O7Si/c1-18(2,3)29(5,6)27-10-13(9-22)28-16(12-26-11-15(24)19-4)21-8-7-14(23)20-17(21)25/h7-8,13,16,22H,9-12H2,1-6H3,(H,19,24)(H,20,23,25)/t13-,16-/m1/s1. The second kappa shape index (κ2) is 10.8. The Balaban J connectivity index is 2.94. The third-order valence-corrected chi connectivity index (χ3v) is 9.42. The van der Waals surface area contributed by atoms with Crippen molar-refractivity contribution in [1.29, 1.82) is 0 Å². The molecule has 11 heteroatoms. The molecule has 10 nitrogen and oxygen atoms in total. The van der Waals surface area contributed by atoms with Crippen LogP contribution in [0.2, 0.25) is 18.1 Å². The lowest BCUT2D eigenvalue weighted by Gasteiger charge is -2.37. The van der Waals surface area contributed by atoms with E-state index in [9.17, 15) is 19.5 Å². The number of carbonyl (C=O) groups is 1. The van der Waals surface area contributed by atoms with Crippen molar-refractivity contribution in [1.82, 2.24) is 14.9 Å². The summed E-state index contributed by atoms with van der Waals surface area (Å²) < 4.78 is 18.4. The van der Waals surface area contributed by atoms with Crippen molar-refractivity contribution < 1.29 is 23.8 Å². The van der Waals surface area contributed by atoms with E-state index in [2.05, 4.69) is 44.2 Å². The highest BCUT2D eigenvalue weighted by Crippen LogP contribution is 2.36. The lowest BCUT2D eigenvalue weighted by atomic mass is 10.2. The van der Waals surface area contributed by atoms with Crippen molar-refractivity contribution in [3.05, 3.63) is 33.1 Å². The third kappa shape index (κ3) is 7.86. The predicted molar refractivity (Wildman–Crippen MR) is 110 cm³/mol. The highest BCUT2D eigenvalue weighted by Gasteiger charge is 2.37. The molecule has 0 saturated carbocycles. The molecule has 1 aromatic heterocycles. The van der Waals surface area contributed by atoms with Gasteiger partial charge in [0.1, 0.15) is 12.7 Å². The molecule has 2 atom stereocenters. The normalized spacial score (nSPS) is 14.4. The van der Waals surface area contributed by atoms with Gasteiger partial charge in [-0.2, -0.15) is 0 Å². The van der Waals surface area contributed by atoms with Crippen LogP contribution in [0.1, 0.15) is 27.0 Å². The van der Waals surface area contributed by atoms with Gasteiger partial charge in [0, 0.05) is 19.3 Å². The lowest BCUT2D eigenvalue weighted by molar-refractivity contribution is -0.137. The molecule has 0 unspecified atom stereocenters. The summed E-state index contributed by atoms with van der Waals surface area (Å²) >= 11 is 0. The first-order valence-electron chi connectivity index (χ1n) is 9.41. The maximum Gasteiger partial charge on any atom is 0.330 e. The van der Waals surface area contributed by atoms with E-state index in [-0.39, 0.29) is 37.4 Å². The number of aromatic amines is 1. The molecule has 1 heterocycles. The van der Waals surface area contributed by atoms with E-state index in [1.54, 1.807) is 0 Å². The number of aliphatic hydroxyl groups excluding tert-OH is 1. The molecule has 0 aromatic carbocycles. The fourth-order valence-electron chi connectivity index (χ4n) is 2.04. The van der Waals surface area contributed by atoms with Crippen molar-refractivity contribution in [2.45, 2.75) is 51.2 Å². The second-order valence-electron chi connectivity index (χ2n) is 8.17. The minimum absolute atomic E-state index is 0.0150. The Morgan fingerprint density at radius 2 is 1.97 bits per heavy atom. The molecular weight excluding hydrogens is 398 g/mol. The topological polar surface area (TPSA) is 132 Å². The number of nitrogens with zero attached hydrogens (tertiary/aromatic N) is 1. The molecule has 0 bridgehead atoms. The fourth-order valence-corrected chi connectivity index (χ4v) is 3.07. The quantitative estimate of drug-likeness (QED) is 0.426. The van der Waals surface area contributed by atoms with Gasteiger partial charge in [-0.1, -0.05) is 20.8 Å². The van der Waals surface area contributed by atoms with Gasteiger partial charge in [-0.3, -0.25) is 19.1 Å². The number of nitrogens with one attached hydrogen (secondary N) is 2. The van der Waals surface area contributed by atoms with Gasteiger partial charge in [-0.15, -0.1) is 0 Å². The zero-order chi connectivity index (χ0) is 22.2. The summed E-state index contributed by atoms with van der Waals surface area (Å²) in [5.41, 5.74) is -1.23. The average Bonchev–Trinajstić information content (AvgIpc) is 2.62. The number of rotatable bonds is 11. The van der Waals surface area contributed by atoms with Crippen LogP contribution in [-0.4, -0.2) is 68.5 Å². The average molecular weight is 432 g/mol. The number of hydrogen-bond acceptors (Lipinski definition) is 7. The van der Waals surface area contributed by atoms with Crippen LogP contribution in [-0.2, 0) is 18.7 Å². The summed E-state index contributed by atoms with van der Waals surface area (Å²) in [5, 5.41) is 12.2. The van der Waals surface area contributed by atoms with E-state index in [0.29, 0.717) is 0 Å². The monoisotopic (exact) mass is 431 g/mol. The number of aliphatic hydroxyl groups is 1. The molecule has 0 saturated heterocycles. The molecule has 166 valence electrons. The molecule has 0 aliphatic heterocycles. The molecule has 1 amide bonds. The van der Waals surface area contributed by atoms with Crippen LogP contribution in [0.25, 0.3) is 0 Å². The number of aromatic nitrogens is 2. The predicted octanol–water partition coefficient (Wildman–Crippen LogP) is 0.197. The summed E-state index contributed by atoms with van der Waals surface area (Å²) in [6, 6.07) is 1.18. The smallest absolute Gasteiger partial charge is 0.330 e. The first-order valence-corrected chi connectivity index (χ1v) is 12.3. The van der Waals surface area contributed by atoms with E-state index in [0.717, 1.165) is 4.57 Å². The molecule has 1 rings (SSSR count). The second-order valence-corrected chi connectivity index (χ2v) is 13.0. The number of amides is 1. The maximum absolute atomic E-state index is 12.2. The first-order chi connectivity index (χ1) is 13.4. The summed E-state index contributed by atoms with van der Waals surface area (Å²) in [7, 11) is -0.591. The van der Waals surface area contributed by atoms with Crippen molar-refractivity contribution in [3.63, 3.8) is 0 Å². The van der Waals surface area contributed by atoms with Gasteiger partial charge in [-0.25, -0.2) is 4.79 Å². The van der Waals surface area contributed by atoms with E-state index >= 15 is 0 Å². The Morgan fingerprint density at radius 1 is 1.31 bits per heavy atom. The molecule has 0 spiro atoms. The van der Waals surface area contributed by atoms with Crippen LogP contribution in [0.4, 0.5) is 0 Å². The van der Waals surface area contributed by atoms with Crippen LogP contribution in [0.15, 0.2) is 21.9 Å². The Kier molecular flexibility index (Phi) is 9.43. The van der Waals surface area contributed by atoms with Gasteiger partial charge in [0.2, 0.25) is 5.91 Å². The number of hydrogen-bond donors (Lipinski definition) is 3. The summed E-state index contributed by atoms with van der Waals surface area (Å²) in [6.07, 6.45) is -0.418. The largest absolute Gasteiger partial charge is 0.414 e. The summed E-state index contributed by atoms with van der Waals surface area (Å²) in [6.45, 7) is 9.90. The molecule has 1 aromatic rings. The van der Waals surface area contributed by atoms with Crippen LogP contribution >= 0.6 is 0 Å². The third-order valence-electron chi connectivity index (χ3n) is 4.92. The first kappa shape index (κ1) is 25.2. The van der Waals surface area contributed by atoms with Gasteiger partial charge in [-0.05, 0) is 18.1 Å². The number of likely N-dealkylation sites (N-methyl/N-ethyl adjacent to an activating group) is 1. The minimum Gasteiger partial charge on any atom is -0.414 e. The van der Waals surface area contributed by atoms with Gasteiger partial charge in [0.25, 0.3) is 5.56 Å². The molecule has 0 radical (unpaired) electrons. The van der Waals surface area contributed by atoms with Crippen molar-refractivity contribution >= 4 is 14.2 Å². The van der Waals surface area contributed by atoms with Crippen molar-refractivity contribution in [2.24, 2.45) is 0 Å². The van der Waals surface area contributed by atoms with Crippen LogP contribution < -0.4 is 16.6 Å². The van der Waals surface area contributed by atoms with Gasteiger partial charge < -0.3 is 24.3 Å². The van der Waals surface area contributed by atoms with Crippen molar-refractivity contribution in [3.8, 4) is 0 Å². The maximum atomic E-state index is 12.2. The van der Waals surface area contributed by atoms with Gasteiger partial charge >= 0.3 is 5.69 Å². The Labute approximate surface area is 171 Å². The minimum atomic E-state index is -2.07. The summed E-state index contributed by atoms with van der Waals surface area (Å²) in [4.78, 5) is 37.0. The highest BCUT2D eigenvalue weighted by atomic mass is 28.4. The van der Waals surface area contributed by atoms with E-state index in [4.69, 9.17) is 13.9 Å². The highest BCUT2D eigenvalue weighted by molar-refractivity contribution is 6.74. The lowest BCUT2D eigenvalue weighted by Crippen LogP contribution is -2.44. The van der Waals surface area contributed by atoms with Crippen LogP contribution in [0, 0.1) is 0 Å². The van der Waals surface area contributed by atoms with E-state index < -0.39 is 31.9 Å². The van der Waals surface area contributed by atoms with E-state index in [1.807, 2.05) is 0 Å². The molecular formula is C18H33N3O7Si. The Morgan fingerprint density at radius 3 is 2.48 bits per heavy atom. The molecule has 29 heavy (non-hydrogen) atoms. The Hall–Kier alpha value is -1.79. The number of ether oxygens (including phenoxy) is 2. The van der Waals surface area contributed by atoms with Gasteiger partial charge in [0.15, 0.2) is 14.5 Å². The zero-order valence-electron chi connectivity index (χ0n) is 18.0.